The lowest BCUT2D eigenvalue weighted by Crippen LogP contribution is -2.56. The standard InChI is InChI=1S/C23H35BrO3/c1-14(25)23(24)12-9-20-18-6-5-16-13-17(27-15(2)26)7-10-21(16,3)19(18)8-11-22(20,23)4/h16-20H,5-13H2,1-4H3. The topological polar surface area (TPSA) is 43.4 Å². The molecule has 0 aliphatic heterocycles. The Morgan fingerprint density at radius 3 is 2.30 bits per heavy atom. The van der Waals surface area contributed by atoms with E-state index in [1.54, 1.807) is 6.92 Å². The van der Waals surface area contributed by atoms with Crippen molar-refractivity contribution in [1.29, 1.82) is 0 Å². The highest BCUT2D eigenvalue weighted by atomic mass is 79.9. The second-order valence-electron chi connectivity index (χ2n) is 10.5. The van der Waals surface area contributed by atoms with Crippen LogP contribution in [0.25, 0.3) is 0 Å². The Morgan fingerprint density at radius 2 is 1.63 bits per heavy atom. The minimum absolute atomic E-state index is 0.109. The molecule has 152 valence electrons. The lowest BCUT2D eigenvalue weighted by Gasteiger charge is -2.61. The number of Topliss-reactive ketones (excluding diaryl/α,β-unsaturated/α-hetero) is 1. The highest BCUT2D eigenvalue weighted by Gasteiger charge is 2.65. The summed E-state index contributed by atoms with van der Waals surface area (Å²) in [4.78, 5) is 23.9. The van der Waals surface area contributed by atoms with Crippen molar-refractivity contribution < 1.29 is 14.3 Å². The molecule has 0 aromatic rings. The molecule has 4 heteroatoms. The molecular formula is C23H35BrO3. The molecule has 0 N–H and O–H groups in total. The molecule has 0 saturated heterocycles. The smallest absolute Gasteiger partial charge is 0.302 e. The van der Waals surface area contributed by atoms with Gasteiger partial charge >= 0.3 is 5.97 Å². The van der Waals surface area contributed by atoms with Gasteiger partial charge in [0.25, 0.3) is 0 Å². The fraction of sp³-hybridized carbons (Fsp3) is 0.913. The number of carbonyl (C=O) groups is 2. The van der Waals surface area contributed by atoms with Crippen molar-refractivity contribution in [3.05, 3.63) is 0 Å². The maximum atomic E-state index is 12.5. The first-order valence-electron chi connectivity index (χ1n) is 11.0. The van der Waals surface area contributed by atoms with E-state index in [0.29, 0.717) is 23.0 Å². The van der Waals surface area contributed by atoms with Crippen molar-refractivity contribution in [3.63, 3.8) is 0 Å². The number of ether oxygens (including phenoxy) is 1. The van der Waals surface area contributed by atoms with Crippen LogP contribution < -0.4 is 0 Å². The van der Waals surface area contributed by atoms with Gasteiger partial charge in [-0.2, -0.15) is 0 Å². The fourth-order valence-electron chi connectivity index (χ4n) is 8.12. The van der Waals surface area contributed by atoms with Gasteiger partial charge in [-0.25, -0.2) is 0 Å². The van der Waals surface area contributed by atoms with Crippen LogP contribution >= 0.6 is 15.9 Å². The van der Waals surface area contributed by atoms with E-state index in [1.807, 2.05) is 0 Å². The van der Waals surface area contributed by atoms with Crippen molar-refractivity contribution in [3.8, 4) is 0 Å². The predicted molar refractivity (Wildman–Crippen MR) is 110 cm³/mol. The maximum Gasteiger partial charge on any atom is 0.302 e. The number of esters is 1. The zero-order valence-corrected chi connectivity index (χ0v) is 18.9. The Balaban J connectivity index is 1.56. The van der Waals surface area contributed by atoms with E-state index in [-0.39, 0.29) is 21.8 Å². The molecule has 0 aromatic heterocycles. The zero-order chi connectivity index (χ0) is 19.6. The largest absolute Gasteiger partial charge is 0.463 e. The van der Waals surface area contributed by atoms with Gasteiger partial charge in [-0.05, 0) is 99.2 Å². The predicted octanol–water partition coefficient (Wildman–Crippen LogP) is 5.68. The Hall–Kier alpha value is -0.380. The third-order valence-corrected chi connectivity index (χ3v) is 11.5. The molecule has 4 aliphatic carbocycles. The Bertz CT molecular complexity index is 648. The molecule has 0 bridgehead atoms. The highest BCUT2D eigenvalue weighted by Crippen LogP contribution is 2.70. The lowest BCUT2D eigenvalue weighted by atomic mass is 9.44. The van der Waals surface area contributed by atoms with Gasteiger partial charge in [-0.1, -0.05) is 29.8 Å². The van der Waals surface area contributed by atoms with Gasteiger partial charge in [-0.15, -0.1) is 0 Å². The first kappa shape index (κ1) is 19.9. The van der Waals surface area contributed by atoms with Crippen LogP contribution in [-0.4, -0.2) is 22.2 Å². The van der Waals surface area contributed by atoms with Crippen LogP contribution in [0.2, 0.25) is 0 Å². The molecule has 4 fully saturated rings. The minimum atomic E-state index is -0.305. The van der Waals surface area contributed by atoms with Gasteiger partial charge in [0, 0.05) is 6.92 Å². The Morgan fingerprint density at radius 1 is 0.926 bits per heavy atom. The number of hydrogen-bond acceptors (Lipinski definition) is 3. The minimum Gasteiger partial charge on any atom is -0.463 e. The molecule has 3 nitrogen and oxygen atoms in total. The summed E-state index contributed by atoms with van der Waals surface area (Å²) >= 11 is 3.94. The van der Waals surface area contributed by atoms with E-state index in [9.17, 15) is 9.59 Å². The van der Waals surface area contributed by atoms with E-state index in [2.05, 4.69) is 29.8 Å². The average Bonchev–Trinajstić information content (AvgIpc) is 2.87. The summed E-state index contributed by atoms with van der Waals surface area (Å²) in [7, 11) is 0. The van der Waals surface area contributed by atoms with Gasteiger partial charge in [0.1, 0.15) is 11.9 Å². The van der Waals surface area contributed by atoms with Crippen LogP contribution in [0.5, 0.6) is 0 Å². The second kappa shape index (κ2) is 6.57. The van der Waals surface area contributed by atoms with Gasteiger partial charge in [-0.3, -0.25) is 9.59 Å². The normalized spacial score (nSPS) is 51.7. The van der Waals surface area contributed by atoms with E-state index in [0.717, 1.165) is 31.1 Å². The van der Waals surface area contributed by atoms with Crippen LogP contribution in [0.4, 0.5) is 0 Å². The Kier molecular flexibility index (Phi) is 4.85. The summed E-state index contributed by atoms with van der Waals surface area (Å²) in [5, 5.41) is 0. The number of ketones is 1. The van der Waals surface area contributed by atoms with Crippen LogP contribution in [0, 0.1) is 34.5 Å². The third kappa shape index (κ3) is 2.79. The number of fused-ring (bicyclic) bond motifs is 5. The van der Waals surface area contributed by atoms with Crippen LogP contribution in [0.15, 0.2) is 0 Å². The summed E-state index contributed by atoms with van der Waals surface area (Å²) in [5.74, 6) is 3.08. The number of hydrogen-bond donors (Lipinski definition) is 0. The van der Waals surface area contributed by atoms with Gasteiger partial charge in [0.05, 0.1) is 4.32 Å². The first-order chi connectivity index (χ1) is 12.6. The zero-order valence-electron chi connectivity index (χ0n) is 17.4. The summed E-state index contributed by atoms with van der Waals surface area (Å²) in [6.45, 7) is 8.24. The number of halogens is 1. The van der Waals surface area contributed by atoms with Crippen molar-refractivity contribution in [2.45, 2.75) is 95.9 Å². The molecule has 4 rings (SSSR count). The molecule has 0 spiro atoms. The van der Waals surface area contributed by atoms with Crippen LogP contribution in [0.3, 0.4) is 0 Å². The molecule has 4 saturated carbocycles. The Labute approximate surface area is 172 Å². The number of carbonyl (C=O) groups excluding carboxylic acids is 2. The lowest BCUT2D eigenvalue weighted by molar-refractivity contribution is -0.160. The summed E-state index contributed by atoms with van der Waals surface area (Å²) in [5.41, 5.74) is 0.493. The first-order valence-corrected chi connectivity index (χ1v) is 11.8. The van der Waals surface area contributed by atoms with Gasteiger partial charge in [0.15, 0.2) is 0 Å². The summed E-state index contributed by atoms with van der Waals surface area (Å²) in [6.07, 6.45) is 10.6. The molecule has 0 amide bonds. The molecule has 8 unspecified atom stereocenters. The molecule has 8 atom stereocenters. The van der Waals surface area contributed by atoms with Gasteiger partial charge < -0.3 is 4.74 Å². The molecular weight excluding hydrogens is 404 g/mol. The van der Waals surface area contributed by atoms with Crippen molar-refractivity contribution in [1.82, 2.24) is 0 Å². The summed E-state index contributed by atoms with van der Waals surface area (Å²) in [6, 6.07) is 0. The van der Waals surface area contributed by atoms with E-state index < -0.39 is 0 Å². The quantitative estimate of drug-likeness (QED) is 0.411. The fourth-order valence-corrected chi connectivity index (χ4v) is 8.84. The highest BCUT2D eigenvalue weighted by molar-refractivity contribution is 9.10. The molecule has 27 heavy (non-hydrogen) atoms. The van der Waals surface area contributed by atoms with Crippen LogP contribution in [-0.2, 0) is 14.3 Å². The van der Waals surface area contributed by atoms with E-state index >= 15 is 0 Å². The summed E-state index contributed by atoms with van der Waals surface area (Å²) < 4.78 is 5.27. The average molecular weight is 439 g/mol. The molecule has 0 aromatic carbocycles. The van der Waals surface area contributed by atoms with Crippen molar-refractivity contribution >= 4 is 27.7 Å². The molecule has 4 aliphatic rings. The number of rotatable bonds is 2. The van der Waals surface area contributed by atoms with Crippen molar-refractivity contribution in [2.75, 3.05) is 0 Å². The maximum absolute atomic E-state index is 12.5. The van der Waals surface area contributed by atoms with Crippen LogP contribution in [0.1, 0.15) is 85.5 Å². The monoisotopic (exact) mass is 438 g/mol. The molecule has 0 radical (unpaired) electrons. The van der Waals surface area contributed by atoms with E-state index in [1.165, 1.54) is 45.4 Å². The van der Waals surface area contributed by atoms with Crippen molar-refractivity contribution in [2.24, 2.45) is 34.5 Å². The third-order valence-electron chi connectivity index (χ3n) is 9.60. The van der Waals surface area contributed by atoms with E-state index in [4.69, 9.17) is 4.74 Å². The molecule has 0 heterocycles. The number of alkyl halides is 1. The SMILES string of the molecule is CC(=O)OC1CCC2(C)C(CCC3C2CCC2(C)C3CCC2(Br)C(C)=O)C1. The van der Waals surface area contributed by atoms with Gasteiger partial charge in [0.2, 0.25) is 0 Å². The second-order valence-corrected chi connectivity index (χ2v) is 11.9.